The largest absolute Gasteiger partial charge is 0.354 e. The Morgan fingerprint density at radius 2 is 1.80 bits per heavy atom. The Labute approximate surface area is 180 Å². The third kappa shape index (κ3) is 4.90. The topological polar surface area (TPSA) is 69.7 Å². The number of rotatable bonds is 3. The van der Waals surface area contributed by atoms with Crippen LogP contribution in [0, 0.1) is 5.92 Å². The van der Waals surface area contributed by atoms with Gasteiger partial charge in [0.25, 0.3) is 5.91 Å². The van der Waals surface area contributed by atoms with E-state index in [1.54, 1.807) is 4.90 Å². The van der Waals surface area contributed by atoms with Gasteiger partial charge in [0, 0.05) is 32.1 Å². The third-order valence-electron chi connectivity index (χ3n) is 5.70. The van der Waals surface area contributed by atoms with Crippen molar-refractivity contribution in [3.05, 3.63) is 58.3 Å². The second kappa shape index (κ2) is 9.43. The average molecular weight is 426 g/mol. The summed E-state index contributed by atoms with van der Waals surface area (Å²) >= 11 is 1.42. The molecule has 2 aliphatic rings. The Morgan fingerprint density at radius 3 is 2.50 bits per heavy atom. The van der Waals surface area contributed by atoms with Crippen molar-refractivity contribution >= 4 is 29.1 Å². The van der Waals surface area contributed by atoms with E-state index in [9.17, 15) is 14.4 Å². The molecule has 7 heteroatoms. The van der Waals surface area contributed by atoms with Crippen LogP contribution in [0.1, 0.15) is 47.0 Å². The van der Waals surface area contributed by atoms with E-state index < -0.39 is 0 Å². The molecule has 4 rings (SSSR count). The molecule has 1 aromatic carbocycles. The fourth-order valence-corrected chi connectivity index (χ4v) is 4.64. The zero-order valence-electron chi connectivity index (χ0n) is 17.0. The third-order valence-corrected chi connectivity index (χ3v) is 6.56. The van der Waals surface area contributed by atoms with Gasteiger partial charge in [-0.2, -0.15) is 0 Å². The number of amides is 3. The van der Waals surface area contributed by atoms with Crippen molar-refractivity contribution in [1.82, 2.24) is 15.1 Å². The first-order chi connectivity index (χ1) is 14.6. The number of nitrogens with zero attached hydrogens (tertiary/aromatic N) is 2. The van der Waals surface area contributed by atoms with Crippen molar-refractivity contribution < 1.29 is 14.4 Å². The number of thiophene rings is 1. The van der Waals surface area contributed by atoms with Crippen LogP contribution in [0.3, 0.4) is 0 Å². The van der Waals surface area contributed by atoms with Gasteiger partial charge in [-0.3, -0.25) is 14.4 Å². The molecule has 2 aromatic rings. The summed E-state index contributed by atoms with van der Waals surface area (Å²) in [6.45, 7) is 1.97. The Bertz CT molecular complexity index is 880. The highest BCUT2D eigenvalue weighted by atomic mass is 32.1. The van der Waals surface area contributed by atoms with E-state index in [1.807, 2.05) is 52.7 Å². The molecule has 0 radical (unpaired) electrons. The maximum Gasteiger partial charge on any atom is 0.263 e. The minimum absolute atomic E-state index is 0.0156. The van der Waals surface area contributed by atoms with Crippen LogP contribution >= 0.6 is 11.3 Å². The van der Waals surface area contributed by atoms with Crippen LogP contribution in [-0.2, 0) is 9.59 Å². The van der Waals surface area contributed by atoms with Crippen molar-refractivity contribution in [2.45, 2.75) is 31.7 Å². The maximum absolute atomic E-state index is 13.1. The first-order valence-corrected chi connectivity index (χ1v) is 11.5. The van der Waals surface area contributed by atoms with Crippen LogP contribution in [0.4, 0.5) is 0 Å². The molecule has 30 heavy (non-hydrogen) atoms. The normalized spacial score (nSPS) is 20.9. The molecule has 2 heterocycles. The second-order valence-electron chi connectivity index (χ2n) is 7.91. The van der Waals surface area contributed by atoms with Crippen LogP contribution in [0.15, 0.2) is 47.8 Å². The molecule has 1 aliphatic heterocycles. The Morgan fingerprint density at radius 1 is 1.00 bits per heavy atom. The highest BCUT2D eigenvalue weighted by molar-refractivity contribution is 7.12. The molecular formula is C23H27N3O3S. The van der Waals surface area contributed by atoms with Gasteiger partial charge >= 0.3 is 0 Å². The van der Waals surface area contributed by atoms with Crippen LogP contribution in [-0.4, -0.2) is 53.7 Å². The second-order valence-corrected chi connectivity index (χ2v) is 8.86. The van der Waals surface area contributed by atoms with Crippen molar-refractivity contribution in [2.24, 2.45) is 5.92 Å². The van der Waals surface area contributed by atoms with Crippen LogP contribution in [0.2, 0.25) is 0 Å². The highest BCUT2D eigenvalue weighted by Gasteiger charge is 2.37. The van der Waals surface area contributed by atoms with Crippen molar-refractivity contribution in [2.75, 3.05) is 26.2 Å². The minimum atomic E-state index is -0.279. The molecule has 1 saturated carbocycles. The van der Waals surface area contributed by atoms with Crippen LogP contribution in [0.5, 0.6) is 0 Å². The quantitative estimate of drug-likeness (QED) is 0.822. The van der Waals surface area contributed by atoms with Crippen molar-refractivity contribution in [1.29, 1.82) is 0 Å². The lowest BCUT2D eigenvalue weighted by Gasteiger charge is -2.32. The van der Waals surface area contributed by atoms with E-state index in [4.69, 9.17) is 0 Å². The van der Waals surface area contributed by atoms with Gasteiger partial charge in [0.2, 0.25) is 11.8 Å². The Hall–Kier alpha value is -2.67. The van der Waals surface area contributed by atoms with Gasteiger partial charge in [0.1, 0.15) is 0 Å². The van der Waals surface area contributed by atoms with E-state index in [0.29, 0.717) is 37.5 Å². The first kappa shape index (κ1) is 20.6. The summed E-state index contributed by atoms with van der Waals surface area (Å²) in [4.78, 5) is 43.0. The molecular weight excluding hydrogens is 398 g/mol. The van der Waals surface area contributed by atoms with E-state index in [-0.39, 0.29) is 36.1 Å². The number of hydrogen-bond donors (Lipinski definition) is 1. The number of carbonyl (C=O) groups is 3. The Balaban J connectivity index is 1.56. The summed E-state index contributed by atoms with van der Waals surface area (Å²) in [5.41, 5.74) is 0.979. The van der Waals surface area contributed by atoms with E-state index in [1.165, 1.54) is 11.3 Å². The van der Waals surface area contributed by atoms with Gasteiger partial charge in [-0.05, 0) is 36.3 Å². The number of nitrogens with one attached hydrogen (secondary N) is 1. The lowest BCUT2D eigenvalue weighted by Crippen LogP contribution is -2.39. The molecule has 1 N–H and O–H groups in total. The molecule has 0 bridgehead atoms. The zero-order valence-corrected chi connectivity index (χ0v) is 17.8. The molecule has 1 atom stereocenters. The monoisotopic (exact) mass is 425 g/mol. The molecule has 158 valence electrons. The fourth-order valence-electron chi connectivity index (χ4n) is 3.95. The predicted molar refractivity (Wildman–Crippen MR) is 116 cm³/mol. The molecule has 1 saturated heterocycles. The van der Waals surface area contributed by atoms with E-state index in [2.05, 4.69) is 5.32 Å². The van der Waals surface area contributed by atoms with Gasteiger partial charge in [0.15, 0.2) is 0 Å². The SMILES string of the molecule is O=C1CC(c2ccccc2)N(C(=O)C2CC2)CCCN(C(=O)c2cccs2)CCN1. The minimum Gasteiger partial charge on any atom is -0.354 e. The van der Waals surface area contributed by atoms with Gasteiger partial charge in [-0.1, -0.05) is 36.4 Å². The summed E-state index contributed by atoms with van der Waals surface area (Å²) in [5, 5.41) is 4.84. The van der Waals surface area contributed by atoms with Crippen molar-refractivity contribution in [3.63, 3.8) is 0 Å². The molecule has 6 nitrogen and oxygen atoms in total. The summed E-state index contributed by atoms with van der Waals surface area (Å²) in [6.07, 6.45) is 2.77. The smallest absolute Gasteiger partial charge is 0.263 e. The summed E-state index contributed by atoms with van der Waals surface area (Å²) in [5.74, 6) is 0.0985. The van der Waals surface area contributed by atoms with E-state index in [0.717, 1.165) is 18.4 Å². The molecule has 3 amide bonds. The highest BCUT2D eigenvalue weighted by Crippen LogP contribution is 2.35. The predicted octanol–water partition coefficient (Wildman–Crippen LogP) is 3.08. The summed E-state index contributed by atoms with van der Waals surface area (Å²) in [6, 6.07) is 13.2. The molecule has 0 spiro atoms. The molecule has 1 aliphatic carbocycles. The zero-order chi connectivity index (χ0) is 20.9. The van der Waals surface area contributed by atoms with Gasteiger partial charge < -0.3 is 15.1 Å². The van der Waals surface area contributed by atoms with E-state index >= 15 is 0 Å². The number of benzene rings is 1. The van der Waals surface area contributed by atoms with Gasteiger partial charge in [0.05, 0.1) is 17.3 Å². The van der Waals surface area contributed by atoms with Crippen LogP contribution < -0.4 is 5.32 Å². The number of hydrogen-bond acceptors (Lipinski definition) is 4. The van der Waals surface area contributed by atoms with Gasteiger partial charge in [-0.25, -0.2) is 0 Å². The maximum atomic E-state index is 13.1. The standard InChI is InChI=1S/C23H27N3O3S/c27-21-16-19(17-6-2-1-3-7-17)26(22(28)18-9-10-18)13-5-12-25(14-11-24-21)23(29)20-8-4-15-30-20/h1-4,6-8,15,18-19H,5,9-14,16H2,(H,24,27). The molecule has 2 fully saturated rings. The van der Waals surface area contributed by atoms with Crippen molar-refractivity contribution in [3.8, 4) is 0 Å². The fraction of sp³-hybridized carbons (Fsp3) is 0.435. The lowest BCUT2D eigenvalue weighted by atomic mass is 10.0. The average Bonchev–Trinajstić information content (AvgIpc) is 3.48. The van der Waals surface area contributed by atoms with Crippen LogP contribution in [0.25, 0.3) is 0 Å². The number of carbonyl (C=O) groups excluding carboxylic acids is 3. The molecule has 1 aromatic heterocycles. The molecule has 1 unspecified atom stereocenters. The summed E-state index contributed by atoms with van der Waals surface area (Å²) in [7, 11) is 0. The Kier molecular flexibility index (Phi) is 6.47. The van der Waals surface area contributed by atoms with Gasteiger partial charge in [-0.15, -0.1) is 11.3 Å². The lowest BCUT2D eigenvalue weighted by molar-refractivity contribution is -0.136. The summed E-state index contributed by atoms with van der Waals surface area (Å²) < 4.78 is 0. The first-order valence-electron chi connectivity index (χ1n) is 10.6.